The highest BCUT2D eigenvalue weighted by Crippen LogP contribution is 2.37. The number of rotatable bonds is 8. The maximum absolute atomic E-state index is 10.9. The van der Waals surface area contributed by atoms with Crippen LogP contribution in [0.5, 0.6) is 0 Å². The van der Waals surface area contributed by atoms with E-state index < -0.39 is 5.60 Å². The van der Waals surface area contributed by atoms with Gasteiger partial charge in [-0.05, 0) is 85.6 Å². The van der Waals surface area contributed by atoms with E-state index in [0.29, 0.717) is 18.1 Å². The second-order valence-electron chi connectivity index (χ2n) is 11.1. The average Bonchev–Trinajstić information content (AvgIpc) is 3.10. The van der Waals surface area contributed by atoms with Gasteiger partial charge >= 0.3 is 0 Å². The molecule has 31 heavy (non-hydrogen) atoms. The van der Waals surface area contributed by atoms with Crippen molar-refractivity contribution in [2.45, 2.75) is 116 Å². The van der Waals surface area contributed by atoms with Crippen molar-refractivity contribution in [2.24, 2.45) is 5.92 Å². The molecular formula is C26H48N4O. The largest absolute Gasteiger partial charge is 0.387 e. The maximum atomic E-state index is 10.9. The van der Waals surface area contributed by atoms with Crippen LogP contribution < -0.4 is 0 Å². The van der Waals surface area contributed by atoms with Crippen LogP contribution in [0.15, 0.2) is 23.8 Å². The molecule has 6 atom stereocenters. The van der Waals surface area contributed by atoms with Gasteiger partial charge in [0.1, 0.15) is 6.17 Å². The van der Waals surface area contributed by atoms with E-state index in [4.69, 9.17) is 0 Å². The van der Waals surface area contributed by atoms with E-state index in [0.717, 1.165) is 5.92 Å². The zero-order valence-corrected chi connectivity index (χ0v) is 21.4. The Bertz CT molecular complexity index is 654. The van der Waals surface area contributed by atoms with E-state index in [9.17, 15) is 5.11 Å². The predicted octanol–water partition coefficient (Wildman–Crippen LogP) is 4.46. The first-order valence-electron chi connectivity index (χ1n) is 12.6. The molecule has 0 amide bonds. The molecule has 2 heterocycles. The molecule has 0 aromatic heterocycles. The van der Waals surface area contributed by atoms with E-state index in [2.05, 4.69) is 79.8 Å². The number of aliphatic hydroxyl groups is 1. The molecule has 0 aromatic carbocycles. The first kappa shape index (κ1) is 24.9. The van der Waals surface area contributed by atoms with Gasteiger partial charge in [0.25, 0.3) is 0 Å². The van der Waals surface area contributed by atoms with Crippen LogP contribution in [0.3, 0.4) is 0 Å². The van der Waals surface area contributed by atoms with Crippen LogP contribution in [-0.2, 0) is 0 Å². The first-order valence-corrected chi connectivity index (χ1v) is 12.6. The minimum absolute atomic E-state index is 0.00139. The van der Waals surface area contributed by atoms with Crippen molar-refractivity contribution in [3.8, 4) is 0 Å². The third kappa shape index (κ3) is 5.44. The minimum Gasteiger partial charge on any atom is -0.387 e. The maximum Gasteiger partial charge on any atom is 0.106 e. The molecular weight excluding hydrogens is 384 g/mol. The monoisotopic (exact) mass is 432 g/mol. The molecule has 178 valence electrons. The highest BCUT2D eigenvalue weighted by atomic mass is 16.3. The van der Waals surface area contributed by atoms with E-state index >= 15 is 0 Å². The molecule has 2 saturated heterocycles. The highest BCUT2D eigenvalue weighted by molar-refractivity contribution is 5.17. The Hall–Kier alpha value is -0.720. The topological polar surface area (TPSA) is 33.2 Å². The fraction of sp³-hybridized carbons (Fsp3) is 0.846. The third-order valence-corrected chi connectivity index (χ3v) is 8.33. The van der Waals surface area contributed by atoms with Gasteiger partial charge in [0, 0.05) is 32.2 Å². The summed E-state index contributed by atoms with van der Waals surface area (Å²) in [5, 5.41) is 15.4. The zero-order valence-electron chi connectivity index (χ0n) is 21.4. The average molecular weight is 433 g/mol. The number of allylic oxidation sites excluding steroid dienone is 4. The van der Waals surface area contributed by atoms with Gasteiger partial charge in [0.05, 0.1) is 11.8 Å². The lowest BCUT2D eigenvalue weighted by atomic mass is 9.97. The van der Waals surface area contributed by atoms with Gasteiger partial charge < -0.3 is 5.11 Å². The molecule has 3 rings (SSSR count). The van der Waals surface area contributed by atoms with E-state index in [-0.39, 0.29) is 12.3 Å². The van der Waals surface area contributed by atoms with Crippen molar-refractivity contribution in [1.82, 2.24) is 19.8 Å². The van der Waals surface area contributed by atoms with Crippen LogP contribution in [0.1, 0.15) is 80.1 Å². The number of likely N-dealkylation sites (N-methyl/N-ethyl adjacent to an activating group) is 1. The van der Waals surface area contributed by atoms with Crippen LogP contribution >= 0.6 is 0 Å². The zero-order chi connectivity index (χ0) is 22.9. The molecule has 1 N–H and O–H groups in total. The summed E-state index contributed by atoms with van der Waals surface area (Å²) in [7, 11) is 4.24. The number of hydrogen-bond donors (Lipinski definition) is 1. The second kappa shape index (κ2) is 10.0. The Labute approximate surface area is 191 Å². The van der Waals surface area contributed by atoms with E-state index in [1.807, 2.05) is 13.8 Å². The minimum atomic E-state index is -0.778. The van der Waals surface area contributed by atoms with Crippen LogP contribution in [0, 0.1) is 5.92 Å². The van der Waals surface area contributed by atoms with Crippen molar-refractivity contribution >= 4 is 0 Å². The molecule has 0 radical (unpaired) electrons. The van der Waals surface area contributed by atoms with Gasteiger partial charge in [-0.15, -0.1) is 0 Å². The normalized spacial score (nSPS) is 35.1. The van der Waals surface area contributed by atoms with Crippen molar-refractivity contribution in [1.29, 1.82) is 0 Å². The van der Waals surface area contributed by atoms with Gasteiger partial charge in [-0.1, -0.05) is 30.7 Å². The molecule has 2 aliphatic heterocycles. The molecule has 0 saturated carbocycles. The van der Waals surface area contributed by atoms with Crippen molar-refractivity contribution in [3.63, 3.8) is 0 Å². The molecule has 6 unspecified atom stereocenters. The van der Waals surface area contributed by atoms with Gasteiger partial charge in [-0.25, -0.2) is 10.0 Å². The standard InChI is InChI=1S/C26H48N4O/c1-19-17-24(29(21(19)3)16-12-15-23-13-10-9-11-14-23)18-20(2)30-22(4)27(7)28(8)25(30)26(5,6)31/h9-10,13,19-22,24-25,31H,11-12,14-18H2,1-8H3. The summed E-state index contributed by atoms with van der Waals surface area (Å²) in [5.41, 5.74) is 0.845. The van der Waals surface area contributed by atoms with Crippen molar-refractivity contribution < 1.29 is 5.11 Å². The lowest BCUT2D eigenvalue weighted by Gasteiger charge is -2.41. The summed E-state index contributed by atoms with van der Waals surface area (Å²) >= 11 is 0. The number of hydrogen-bond acceptors (Lipinski definition) is 5. The van der Waals surface area contributed by atoms with Crippen LogP contribution in [0.4, 0.5) is 0 Å². The first-order chi connectivity index (χ1) is 14.5. The summed E-state index contributed by atoms with van der Waals surface area (Å²) in [4.78, 5) is 5.33. The van der Waals surface area contributed by atoms with Crippen LogP contribution in [-0.4, -0.2) is 81.6 Å². The molecule has 5 nitrogen and oxygen atoms in total. The van der Waals surface area contributed by atoms with Crippen molar-refractivity contribution in [3.05, 3.63) is 23.8 Å². The molecule has 0 bridgehead atoms. The quantitative estimate of drug-likeness (QED) is 0.612. The summed E-state index contributed by atoms with van der Waals surface area (Å²) in [6, 6.07) is 1.70. The molecule has 3 aliphatic rings. The Morgan fingerprint density at radius 1 is 1.16 bits per heavy atom. The van der Waals surface area contributed by atoms with Gasteiger partial charge in [0.15, 0.2) is 0 Å². The number of hydrazine groups is 1. The smallest absolute Gasteiger partial charge is 0.106 e. The predicted molar refractivity (Wildman–Crippen MR) is 130 cm³/mol. The number of likely N-dealkylation sites (tertiary alicyclic amines) is 1. The molecule has 5 heteroatoms. The summed E-state index contributed by atoms with van der Waals surface area (Å²) in [6.07, 6.45) is 14.5. The Morgan fingerprint density at radius 2 is 1.87 bits per heavy atom. The van der Waals surface area contributed by atoms with Gasteiger partial charge in [-0.3, -0.25) is 9.80 Å². The summed E-state index contributed by atoms with van der Waals surface area (Å²) < 4.78 is 0. The van der Waals surface area contributed by atoms with E-state index in [1.54, 1.807) is 5.57 Å². The van der Waals surface area contributed by atoms with Crippen LogP contribution in [0.25, 0.3) is 0 Å². The fourth-order valence-electron chi connectivity index (χ4n) is 6.36. The lowest BCUT2D eigenvalue weighted by molar-refractivity contribution is -0.0885. The number of nitrogens with zero attached hydrogens (tertiary/aromatic N) is 4. The Kier molecular flexibility index (Phi) is 8.07. The summed E-state index contributed by atoms with van der Waals surface area (Å²) in [5.74, 6) is 0.750. The third-order valence-electron chi connectivity index (χ3n) is 8.33. The van der Waals surface area contributed by atoms with Gasteiger partial charge in [0.2, 0.25) is 0 Å². The van der Waals surface area contributed by atoms with E-state index in [1.165, 1.54) is 45.1 Å². The van der Waals surface area contributed by atoms with Gasteiger partial charge in [-0.2, -0.15) is 0 Å². The fourth-order valence-corrected chi connectivity index (χ4v) is 6.36. The molecule has 0 aromatic rings. The van der Waals surface area contributed by atoms with Crippen LogP contribution in [0.2, 0.25) is 0 Å². The SMILES string of the molecule is CC1CC(CC(C)N2C(C)N(C)N(C)C2C(C)(C)O)N(CCCC2=CC=CCC2)C1C. The molecule has 0 spiro atoms. The highest BCUT2D eigenvalue weighted by Gasteiger charge is 2.49. The Morgan fingerprint density at radius 3 is 2.48 bits per heavy atom. The summed E-state index contributed by atoms with van der Waals surface area (Å²) in [6.45, 7) is 14.6. The lowest BCUT2D eigenvalue weighted by Crippen LogP contribution is -2.56. The molecule has 2 fully saturated rings. The second-order valence-corrected chi connectivity index (χ2v) is 11.1. The van der Waals surface area contributed by atoms with Crippen molar-refractivity contribution in [2.75, 3.05) is 20.6 Å². The molecule has 1 aliphatic carbocycles. The Balaban J connectivity index is 1.65.